The van der Waals surface area contributed by atoms with Crippen LogP contribution in [0.1, 0.15) is 36.0 Å². The third-order valence-corrected chi connectivity index (χ3v) is 5.25. The van der Waals surface area contributed by atoms with Crippen molar-refractivity contribution in [2.75, 3.05) is 19.6 Å². The Balaban J connectivity index is 1.80. The van der Waals surface area contributed by atoms with E-state index in [0.717, 1.165) is 49.1 Å². The standard InChI is InChI=1S/C23H26FNO2/c1-17-8-2-3-10-19(17)20(21-11-4-5-13-22(21)24)12-7-15-25-14-6-9-18(16-25)23(26)27/h2-5,8,10-13,18H,6-7,9,14-16H2,1H3,(H,26,27)/b20-12-/t18-/m1/s1. The molecule has 0 bridgehead atoms. The van der Waals surface area contributed by atoms with Crippen LogP contribution in [0.3, 0.4) is 0 Å². The van der Waals surface area contributed by atoms with Gasteiger partial charge in [0.2, 0.25) is 0 Å². The lowest BCUT2D eigenvalue weighted by Crippen LogP contribution is -2.39. The molecule has 4 heteroatoms. The van der Waals surface area contributed by atoms with Crippen molar-refractivity contribution in [1.29, 1.82) is 0 Å². The lowest BCUT2D eigenvalue weighted by atomic mass is 9.93. The van der Waals surface area contributed by atoms with Gasteiger partial charge in [-0.1, -0.05) is 48.5 Å². The van der Waals surface area contributed by atoms with E-state index >= 15 is 0 Å². The average molecular weight is 367 g/mol. The fourth-order valence-electron chi connectivity index (χ4n) is 3.77. The van der Waals surface area contributed by atoms with E-state index in [1.54, 1.807) is 6.07 Å². The van der Waals surface area contributed by atoms with Crippen molar-refractivity contribution >= 4 is 11.5 Å². The van der Waals surface area contributed by atoms with Crippen LogP contribution in [0.5, 0.6) is 0 Å². The second-order valence-electron chi connectivity index (χ2n) is 7.18. The van der Waals surface area contributed by atoms with E-state index in [0.29, 0.717) is 12.1 Å². The maximum Gasteiger partial charge on any atom is 0.307 e. The highest BCUT2D eigenvalue weighted by Crippen LogP contribution is 2.28. The molecule has 1 saturated heterocycles. The number of carboxylic acid groups (broad SMARTS) is 1. The molecular weight excluding hydrogens is 341 g/mol. The van der Waals surface area contributed by atoms with Crippen LogP contribution in [0.25, 0.3) is 5.57 Å². The molecule has 1 heterocycles. The quantitative estimate of drug-likeness (QED) is 0.801. The maximum atomic E-state index is 14.5. The fraction of sp³-hybridized carbons (Fsp3) is 0.348. The summed E-state index contributed by atoms with van der Waals surface area (Å²) in [6.07, 6.45) is 4.51. The largest absolute Gasteiger partial charge is 0.481 e. The van der Waals surface area contributed by atoms with Crippen molar-refractivity contribution in [2.24, 2.45) is 5.92 Å². The molecule has 0 aromatic heterocycles. The Kier molecular flexibility index (Phi) is 6.40. The smallest absolute Gasteiger partial charge is 0.307 e. The van der Waals surface area contributed by atoms with Gasteiger partial charge < -0.3 is 10.0 Å². The van der Waals surface area contributed by atoms with E-state index in [9.17, 15) is 14.3 Å². The van der Waals surface area contributed by atoms with Crippen molar-refractivity contribution < 1.29 is 14.3 Å². The van der Waals surface area contributed by atoms with Crippen LogP contribution in [-0.4, -0.2) is 35.6 Å². The van der Waals surface area contributed by atoms with Crippen LogP contribution in [0, 0.1) is 18.7 Å². The molecule has 0 amide bonds. The zero-order chi connectivity index (χ0) is 19.2. The first-order valence-corrected chi connectivity index (χ1v) is 9.52. The second kappa shape index (κ2) is 8.96. The summed E-state index contributed by atoms with van der Waals surface area (Å²) in [5.74, 6) is -1.21. The Morgan fingerprint density at radius 2 is 1.89 bits per heavy atom. The Morgan fingerprint density at radius 1 is 1.19 bits per heavy atom. The molecule has 2 aromatic carbocycles. The van der Waals surface area contributed by atoms with Gasteiger partial charge in [0.15, 0.2) is 0 Å². The van der Waals surface area contributed by atoms with Gasteiger partial charge in [0.1, 0.15) is 5.82 Å². The number of benzene rings is 2. The minimum atomic E-state index is -0.706. The van der Waals surface area contributed by atoms with Crippen molar-refractivity contribution in [3.8, 4) is 0 Å². The van der Waals surface area contributed by atoms with Crippen LogP contribution in [-0.2, 0) is 4.79 Å². The van der Waals surface area contributed by atoms with Crippen molar-refractivity contribution in [3.05, 3.63) is 77.1 Å². The Hall–Kier alpha value is -2.46. The molecule has 1 fully saturated rings. The zero-order valence-electron chi connectivity index (χ0n) is 15.7. The van der Waals surface area contributed by atoms with E-state index in [4.69, 9.17) is 0 Å². The molecule has 1 N–H and O–H groups in total. The molecule has 0 spiro atoms. The van der Waals surface area contributed by atoms with Gasteiger partial charge in [-0.15, -0.1) is 0 Å². The highest BCUT2D eigenvalue weighted by molar-refractivity contribution is 5.81. The fourth-order valence-corrected chi connectivity index (χ4v) is 3.77. The Labute approximate surface area is 160 Å². The number of aryl methyl sites for hydroxylation is 1. The lowest BCUT2D eigenvalue weighted by Gasteiger charge is -2.30. The monoisotopic (exact) mass is 367 g/mol. The molecule has 27 heavy (non-hydrogen) atoms. The molecule has 1 atom stereocenters. The summed E-state index contributed by atoms with van der Waals surface area (Å²) >= 11 is 0. The number of carbonyl (C=O) groups is 1. The predicted octanol–water partition coefficient (Wildman–Crippen LogP) is 4.75. The molecule has 0 saturated carbocycles. The molecular formula is C23H26FNO2. The van der Waals surface area contributed by atoms with E-state index in [1.165, 1.54) is 6.07 Å². The number of hydrogen-bond acceptors (Lipinski definition) is 2. The number of hydrogen-bond donors (Lipinski definition) is 1. The summed E-state index contributed by atoms with van der Waals surface area (Å²) in [5, 5.41) is 9.25. The molecule has 0 aliphatic carbocycles. The average Bonchev–Trinajstić information content (AvgIpc) is 2.67. The maximum absolute atomic E-state index is 14.5. The van der Waals surface area contributed by atoms with Gasteiger partial charge in [0.25, 0.3) is 0 Å². The van der Waals surface area contributed by atoms with Gasteiger partial charge in [-0.3, -0.25) is 4.79 Å². The Bertz CT molecular complexity index is 783. The van der Waals surface area contributed by atoms with E-state index < -0.39 is 5.97 Å². The zero-order valence-corrected chi connectivity index (χ0v) is 15.7. The number of halogens is 1. The molecule has 3 rings (SSSR count). The van der Waals surface area contributed by atoms with Gasteiger partial charge in [-0.25, -0.2) is 4.39 Å². The third kappa shape index (κ3) is 4.83. The molecule has 142 valence electrons. The number of carboxylic acids is 1. The highest BCUT2D eigenvalue weighted by atomic mass is 19.1. The first-order chi connectivity index (χ1) is 13.1. The van der Waals surface area contributed by atoms with Crippen LogP contribution in [0.4, 0.5) is 4.39 Å². The van der Waals surface area contributed by atoms with Gasteiger partial charge >= 0.3 is 5.97 Å². The minimum Gasteiger partial charge on any atom is -0.481 e. The topological polar surface area (TPSA) is 40.5 Å². The van der Waals surface area contributed by atoms with Crippen LogP contribution >= 0.6 is 0 Å². The first kappa shape index (κ1) is 19.3. The molecule has 0 radical (unpaired) electrons. The van der Waals surface area contributed by atoms with Gasteiger partial charge in [-0.05, 0) is 55.5 Å². The molecule has 2 aromatic rings. The SMILES string of the molecule is Cc1ccccc1/C(=C/CCN1CCC[C@@H](C(=O)O)C1)c1ccccc1F. The molecule has 1 aliphatic rings. The summed E-state index contributed by atoms with van der Waals surface area (Å²) in [6, 6.07) is 14.9. The van der Waals surface area contributed by atoms with E-state index in [2.05, 4.69) is 11.0 Å². The normalized spacial score (nSPS) is 18.4. The van der Waals surface area contributed by atoms with Crippen LogP contribution in [0.2, 0.25) is 0 Å². The second-order valence-corrected chi connectivity index (χ2v) is 7.18. The summed E-state index contributed by atoms with van der Waals surface area (Å²) in [4.78, 5) is 13.5. The summed E-state index contributed by atoms with van der Waals surface area (Å²) in [6.45, 7) is 4.35. The lowest BCUT2D eigenvalue weighted by molar-refractivity contribution is -0.143. The minimum absolute atomic E-state index is 0.226. The molecule has 1 aliphatic heterocycles. The van der Waals surface area contributed by atoms with Gasteiger partial charge in [-0.2, -0.15) is 0 Å². The number of aliphatic carboxylic acids is 1. The third-order valence-electron chi connectivity index (χ3n) is 5.25. The number of rotatable bonds is 6. The number of nitrogens with zero attached hydrogens (tertiary/aromatic N) is 1. The van der Waals surface area contributed by atoms with Crippen molar-refractivity contribution in [2.45, 2.75) is 26.2 Å². The van der Waals surface area contributed by atoms with Crippen molar-refractivity contribution in [3.63, 3.8) is 0 Å². The summed E-state index contributed by atoms with van der Waals surface area (Å²) in [7, 11) is 0. The number of piperidine rings is 1. The van der Waals surface area contributed by atoms with Crippen molar-refractivity contribution in [1.82, 2.24) is 4.90 Å². The summed E-state index contributed by atoms with van der Waals surface area (Å²) < 4.78 is 14.5. The van der Waals surface area contributed by atoms with E-state index in [1.807, 2.05) is 43.3 Å². The van der Waals surface area contributed by atoms with Gasteiger partial charge in [0, 0.05) is 18.7 Å². The van der Waals surface area contributed by atoms with Crippen LogP contribution in [0.15, 0.2) is 54.6 Å². The van der Waals surface area contributed by atoms with Crippen LogP contribution < -0.4 is 0 Å². The molecule has 3 nitrogen and oxygen atoms in total. The van der Waals surface area contributed by atoms with Gasteiger partial charge in [0.05, 0.1) is 5.92 Å². The first-order valence-electron chi connectivity index (χ1n) is 9.52. The molecule has 0 unspecified atom stereocenters. The summed E-state index contributed by atoms with van der Waals surface area (Å²) in [5.41, 5.74) is 3.65. The Morgan fingerprint density at radius 3 is 2.59 bits per heavy atom. The highest BCUT2D eigenvalue weighted by Gasteiger charge is 2.24. The van der Waals surface area contributed by atoms with E-state index in [-0.39, 0.29) is 11.7 Å². The number of likely N-dealkylation sites (tertiary alicyclic amines) is 1. The predicted molar refractivity (Wildman–Crippen MR) is 106 cm³/mol.